The van der Waals surface area contributed by atoms with Gasteiger partial charge in [-0.1, -0.05) is 0 Å². The van der Waals surface area contributed by atoms with Crippen LogP contribution in [0.2, 0.25) is 0 Å². The summed E-state index contributed by atoms with van der Waals surface area (Å²) in [6, 6.07) is 0. The molecule has 1 aliphatic heterocycles. The lowest BCUT2D eigenvalue weighted by molar-refractivity contribution is -0.149. The Morgan fingerprint density at radius 3 is 1.65 bits per heavy atom. The molecule has 6 nitrogen and oxygen atoms in total. The molecule has 132 valence electrons. The van der Waals surface area contributed by atoms with E-state index in [4.69, 9.17) is 18.9 Å². The summed E-state index contributed by atoms with van der Waals surface area (Å²) in [4.78, 5) is 23.8. The highest BCUT2D eigenvalue weighted by molar-refractivity contribution is 5.71. The van der Waals surface area contributed by atoms with Gasteiger partial charge in [-0.15, -0.1) is 0 Å². The molecule has 0 aromatic rings. The Hall–Kier alpha value is -1.14. The van der Waals surface area contributed by atoms with E-state index >= 15 is 0 Å². The molecule has 0 aromatic carbocycles. The van der Waals surface area contributed by atoms with Crippen molar-refractivity contribution < 1.29 is 28.5 Å². The van der Waals surface area contributed by atoms with Crippen molar-refractivity contribution in [2.45, 2.75) is 71.4 Å². The van der Waals surface area contributed by atoms with Gasteiger partial charge in [0.05, 0.1) is 25.4 Å². The number of hydrogen-bond donors (Lipinski definition) is 0. The van der Waals surface area contributed by atoms with Crippen LogP contribution in [0.25, 0.3) is 0 Å². The number of esters is 2. The lowest BCUT2D eigenvalue weighted by atomic mass is 9.73. The van der Waals surface area contributed by atoms with Crippen LogP contribution in [0.1, 0.15) is 53.4 Å². The molecule has 2 aliphatic rings. The molecule has 23 heavy (non-hydrogen) atoms. The number of fused-ring (bicyclic) bond motifs is 1. The maximum atomic E-state index is 11.9. The van der Waals surface area contributed by atoms with Gasteiger partial charge >= 0.3 is 11.9 Å². The summed E-state index contributed by atoms with van der Waals surface area (Å²) in [6.07, 6.45) is 1.98. The third kappa shape index (κ3) is 4.91. The van der Waals surface area contributed by atoms with Crippen LogP contribution in [0, 0.1) is 11.8 Å². The Balaban J connectivity index is 2.04. The molecule has 1 aliphatic carbocycles. The first-order valence-electron chi connectivity index (χ1n) is 8.51. The van der Waals surface area contributed by atoms with E-state index in [0.717, 1.165) is 0 Å². The second kappa shape index (κ2) is 7.62. The number of hydrogen-bond acceptors (Lipinski definition) is 6. The van der Waals surface area contributed by atoms with Gasteiger partial charge in [-0.2, -0.15) is 0 Å². The van der Waals surface area contributed by atoms with Crippen molar-refractivity contribution in [2.24, 2.45) is 11.8 Å². The number of rotatable bonds is 6. The van der Waals surface area contributed by atoms with Gasteiger partial charge < -0.3 is 18.9 Å². The highest BCUT2D eigenvalue weighted by atomic mass is 16.7. The van der Waals surface area contributed by atoms with Crippen molar-refractivity contribution in [3.05, 3.63) is 0 Å². The predicted octanol–water partition coefficient (Wildman–Crippen LogP) is 2.44. The van der Waals surface area contributed by atoms with Crippen molar-refractivity contribution >= 4 is 11.9 Å². The highest BCUT2D eigenvalue weighted by Crippen LogP contribution is 2.44. The number of ether oxygens (including phenoxy) is 4. The molecule has 4 unspecified atom stereocenters. The molecule has 4 atom stereocenters. The molecule has 6 heteroatoms. The topological polar surface area (TPSA) is 71.1 Å². The van der Waals surface area contributed by atoms with E-state index in [0.29, 0.717) is 38.9 Å². The quantitative estimate of drug-likeness (QED) is 0.698. The fourth-order valence-corrected chi connectivity index (χ4v) is 3.66. The minimum atomic E-state index is -0.609. The molecule has 0 amide bonds. The monoisotopic (exact) mass is 328 g/mol. The third-order valence-corrected chi connectivity index (χ3v) is 4.49. The molecule has 0 radical (unpaired) electrons. The summed E-state index contributed by atoms with van der Waals surface area (Å²) >= 11 is 0. The van der Waals surface area contributed by atoms with E-state index < -0.39 is 5.79 Å². The average Bonchev–Trinajstić information content (AvgIpc) is 2.72. The van der Waals surface area contributed by atoms with Crippen LogP contribution >= 0.6 is 0 Å². The first kappa shape index (κ1) is 18.2. The molecule has 2 rings (SSSR count). The SMILES string of the molecule is CCOC(=O)CC1CC2OC(C)(C)OC2CC1CC(=O)OCC. The fraction of sp³-hybridized carbons (Fsp3) is 0.882. The first-order chi connectivity index (χ1) is 10.8. The van der Waals surface area contributed by atoms with E-state index in [1.165, 1.54) is 0 Å². The van der Waals surface area contributed by atoms with Crippen LogP contribution in [-0.2, 0) is 28.5 Å². The zero-order valence-electron chi connectivity index (χ0n) is 14.5. The van der Waals surface area contributed by atoms with Gasteiger partial charge in [-0.25, -0.2) is 0 Å². The first-order valence-corrected chi connectivity index (χ1v) is 8.51. The average molecular weight is 328 g/mol. The van der Waals surface area contributed by atoms with Gasteiger partial charge in [0.1, 0.15) is 0 Å². The van der Waals surface area contributed by atoms with E-state index in [9.17, 15) is 9.59 Å². The number of carbonyl (C=O) groups excluding carboxylic acids is 2. The van der Waals surface area contributed by atoms with Gasteiger partial charge in [0.2, 0.25) is 0 Å². The maximum Gasteiger partial charge on any atom is 0.306 e. The van der Waals surface area contributed by atoms with E-state index in [1.807, 2.05) is 13.8 Å². The third-order valence-electron chi connectivity index (χ3n) is 4.49. The van der Waals surface area contributed by atoms with E-state index in [2.05, 4.69) is 0 Å². The molecule has 1 saturated heterocycles. The Morgan fingerprint density at radius 1 is 0.913 bits per heavy atom. The lowest BCUT2D eigenvalue weighted by Gasteiger charge is -2.35. The van der Waals surface area contributed by atoms with Crippen LogP contribution in [-0.4, -0.2) is 43.1 Å². The Morgan fingerprint density at radius 2 is 1.30 bits per heavy atom. The summed E-state index contributed by atoms with van der Waals surface area (Å²) in [6.45, 7) is 8.11. The molecule has 0 bridgehead atoms. The van der Waals surface area contributed by atoms with Gasteiger partial charge in [0, 0.05) is 12.8 Å². The zero-order valence-corrected chi connectivity index (χ0v) is 14.5. The van der Waals surface area contributed by atoms with Gasteiger partial charge in [0.15, 0.2) is 5.79 Å². The molecule has 0 aromatic heterocycles. The minimum absolute atomic E-state index is 0.0251. The summed E-state index contributed by atoms with van der Waals surface area (Å²) in [5, 5.41) is 0. The molecule has 0 spiro atoms. The minimum Gasteiger partial charge on any atom is -0.466 e. The normalized spacial score (nSPS) is 32.2. The van der Waals surface area contributed by atoms with Crippen molar-refractivity contribution in [1.29, 1.82) is 0 Å². The summed E-state index contributed by atoms with van der Waals surface area (Å²) in [7, 11) is 0. The van der Waals surface area contributed by atoms with Gasteiger partial charge in [-0.3, -0.25) is 9.59 Å². The molecular formula is C17H28O6. The van der Waals surface area contributed by atoms with Crippen LogP contribution in [0.15, 0.2) is 0 Å². The van der Waals surface area contributed by atoms with Gasteiger partial charge in [0.25, 0.3) is 0 Å². The van der Waals surface area contributed by atoms with Crippen molar-refractivity contribution in [2.75, 3.05) is 13.2 Å². The van der Waals surface area contributed by atoms with Crippen LogP contribution in [0.3, 0.4) is 0 Å². The highest BCUT2D eigenvalue weighted by Gasteiger charge is 2.48. The molecule has 0 N–H and O–H groups in total. The van der Waals surface area contributed by atoms with E-state index in [-0.39, 0.29) is 36.0 Å². The Kier molecular flexibility index (Phi) is 6.03. The summed E-state index contributed by atoms with van der Waals surface area (Å²) in [5.74, 6) is -0.941. The second-order valence-corrected chi connectivity index (χ2v) is 6.72. The van der Waals surface area contributed by atoms with Crippen molar-refractivity contribution in [3.8, 4) is 0 Å². The van der Waals surface area contributed by atoms with Crippen molar-refractivity contribution in [3.63, 3.8) is 0 Å². The fourth-order valence-electron chi connectivity index (χ4n) is 3.66. The molecule has 1 heterocycles. The molecular weight excluding hydrogens is 300 g/mol. The lowest BCUT2D eigenvalue weighted by Crippen LogP contribution is -2.39. The zero-order chi connectivity index (χ0) is 17.0. The standard InChI is InChI=1S/C17H28O6/c1-5-20-15(18)9-11-7-13-14(23-17(3,4)22-13)8-12(11)10-16(19)21-6-2/h11-14H,5-10H2,1-4H3. The van der Waals surface area contributed by atoms with E-state index in [1.54, 1.807) is 13.8 Å². The van der Waals surface area contributed by atoms with Crippen LogP contribution in [0.4, 0.5) is 0 Å². The summed E-state index contributed by atoms with van der Waals surface area (Å²) in [5.41, 5.74) is 0. The predicted molar refractivity (Wildman–Crippen MR) is 82.5 cm³/mol. The molecule has 2 fully saturated rings. The largest absolute Gasteiger partial charge is 0.466 e. The van der Waals surface area contributed by atoms with Crippen molar-refractivity contribution in [1.82, 2.24) is 0 Å². The van der Waals surface area contributed by atoms with Crippen LogP contribution in [0.5, 0.6) is 0 Å². The van der Waals surface area contributed by atoms with Gasteiger partial charge in [-0.05, 0) is 52.4 Å². The number of carbonyl (C=O) groups is 2. The Bertz CT molecular complexity index is 395. The molecule has 1 saturated carbocycles. The second-order valence-electron chi connectivity index (χ2n) is 6.72. The maximum absolute atomic E-state index is 11.9. The van der Waals surface area contributed by atoms with Crippen LogP contribution < -0.4 is 0 Å². The Labute approximate surface area is 137 Å². The smallest absolute Gasteiger partial charge is 0.306 e. The summed E-state index contributed by atoms with van der Waals surface area (Å²) < 4.78 is 22.0.